The number of hydrogen-bond donors (Lipinski definition) is 0. The van der Waals surface area contributed by atoms with Crippen LogP contribution in [0, 0.1) is 6.92 Å². The van der Waals surface area contributed by atoms with E-state index in [4.69, 9.17) is 9.47 Å². The fourth-order valence-corrected chi connectivity index (χ4v) is 5.97. The number of hydrogen-bond acceptors (Lipinski definition) is 4. The molecule has 1 atom stereocenters. The third-order valence-electron chi connectivity index (χ3n) is 7.75. The minimum absolute atomic E-state index is 0.116. The van der Waals surface area contributed by atoms with Crippen LogP contribution in [0.4, 0.5) is 0 Å². The number of amides is 1. The Hall–Kier alpha value is -2.40. The number of likely N-dealkylation sites (tertiary alicyclic amines) is 1. The molecule has 0 N–H and O–H groups in total. The van der Waals surface area contributed by atoms with E-state index in [0.717, 1.165) is 70.2 Å². The number of carbonyl (C=O) groups excluding carboxylic acids is 1. The molecule has 5 heteroatoms. The molecule has 3 fully saturated rings. The first-order valence-electron chi connectivity index (χ1n) is 12.2. The standard InChI is InChI=1S/C27H34N2O3/c1-21-8-7-11-24(28-21)32-23-12-19-31-26(20-23)15-17-29(18-16-26)25(30)27(13-5-6-14-27)22-9-3-2-4-10-22/h2-4,7-11,23H,5-6,12-20H2,1H3. The van der Waals surface area contributed by atoms with Crippen molar-refractivity contribution >= 4 is 5.91 Å². The molecule has 1 unspecified atom stereocenters. The summed E-state index contributed by atoms with van der Waals surface area (Å²) < 4.78 is 12.5. The van der Waals surface area contributed by atoms with Crippen molar-refractivity contribution in [1.29, 1.82) is 0 Å². The molecule has 2 aromatic rings. The van der Waals surface area contributed by atoms with Gasteiger partial charge in [-0.1, -0.05) is 49.2 Å². The van der Waals surface area contributed by atoms with Crippen LogP contribution < -0.4 is 4.74 Å². The average molecular weight is 435 g/mol. The molecule has 5 rings (SSSR count). The number of benzene rings is 1. The lowest BCUT2D eigenvalue weighted by Gasteiger charge is -2.47. The van der Waals surface area contributed by atoms with Crippen molar-refractivity contribution in [2.45, 2.75) is 75.4 Å². The first kappa shape index (κ1) is 21.4. The van der Waals surface area contributed by atoms with Crippen molar-refractivity contribution in [2.75, 3.05) is 19.7 Å². The van der Waals surface area contributed by atoms with Crippen molar-refractivity contribution in [1.82, 2.24) is 9.88 Å². The Labute approximate surface area is 191 Å². The van der Waals surface area contributed by atoms with Gasteiger partial charge in [-0.3, -0.25) is 4.79 Å². The van der Waals surface area contributed by atoms with E-state index < -0.39 is 0 Å². The first-order chi connectivity index (χ1) is 15.6. The van der Waals surface area contributed by atoms with Gasteiger partial charge in [0.1, 0.15) is 6.10 Å². The molecule has 2 saturated heterocycles. The summed E-state index contributed by atoms with van der Waals surface area (Å²) in [6, 6.07) is 16.3. The van der Waals surface area contributed by atoms with Gasteiger partial charge in [0.2, 0.25) is 11.8 Å². The molecule has 1 amide bonds. The maximum Gasteiger partial charge on any atom is 0.233 e. The summed E-state index contributed by atoms with van der Waals surface area (Å²) in [5, 5.41) is 0. The number of aryl methyl sites for hydroxylation is 1. The molecule has 5 nitrogen and oxygen atoms in total. The molecule has 0 radical (unpaired) electrons. The monoisotopic (exact) mass is 434 g/mol. The molecular weight excluding hydrogens is 400 g/mol. The average Bonchev–Trinajstić information content (AvgIpc) is 3.31. The summed E-state index contributed by atoms with van der Waals surface area (Å²) in [5.41, 5.74) is 1.65. The molecule has 1 aliphatic carbocycles. The highest BCUT2D eigenvalue weighted by atomic mass is 16.5. The van der Waals surface area contributed by atoms with Gasteiger partial charge in [0.25, 0.3) is 0 Å². The molecule has 1 aromatic carbocycles. The van der Waals surface area contributed by atoms with Crippen LogP contribution in [0.25, 0.3) is 0 Å². The van der Waals surface area contributed by atoms with Gasteiger partial charge in [0.05, 0.1) is 17.6 Å². The fraction of sp³-hybridized carbons (Fsp3) is 0.556. The maximum absolute atomic E-state index is 13.8. The number of ether oxygens (including phenoxy) is 2. The van der Waals surface area contributed by atoms with E-state index in [1.807, 2.05) is 31.2 Å². The Morgan fingerprint density at radius 3 is 2.50 bits per heavy atom. The Balaban J connectivity index is 1.24. The topological polar surface area (TPSA) is 51.7 Å². The van der Waals surface area contributed by atoms with Crippen LogP contribution >= 0.6 is 0 Å². The van der Waals surface area contributed by atoms with Crippen LogP contribution in [0.3, 0.4) is 0 Å². The molecule has 1 saturated carbocycles. The van der Waals surface area contributed by atoms with Crippen molar-refractivity contribution in [3.8, 4) is 5.88 Å². The molecule has 1 aromatic heterocycles. The highest BCUT2D eigenvalue weighted by Gasteiger charge is 2.48. The largest absolute Gasteiger partial charge is 0.474 e. The van der Waals surface area contributed by atoms with Gasteiger partial charge in [-0.05, 0) is 44.2 Å². The molecule has 170 valence electrons. The molecule has 2 aliphatic heterocycles. The summed E-state index contributed by atoms with van der Waals surface area (Å²) in [5.74, 6) is 1.02. The van der Waals surface area contributed by atoms with E-state index >= 15 is 0 Å². The number of carbonyl (C=O) groups is 1. The minimum Gasteiger partial charge on any atom is -0.474 e. The highest BCUT2D eigenvalue weighted by Crippen LogP contribution is 2.44. The van der Waals surface area contributed by atoms with Crippen LogP contribution in [0.5, 0.6) is 5.88 Å². The van der Waals surface area contributed by atoms with Gasteiger partial charge >= 0.3 is 0 Å². The fourth-order valence-electron chi connectivity index (χ4n) is 5.97. The second-order valence-corrected chi connectivity index (χ2v) is 9.83. The molecule has 3 aliphatic rings. The summed E-state index contributed by atoms with van der Waals surface area (Å²) in [7, 11) is 0. The number of piperidine rings is 1. The molecule has 1 spiro atoms. The third-order valence-corrected chi connectivity index (χ3v) is 7.75. The Bertz CT molecular complexity index is 931. The molecule has 32 heavy (non-hydrogen) atoms. The predicted octanol–water partition coefficient (Wildman–Crippen LogP) is 4.82. The molecule has 3 heterocycles. The van der Waals surface area contributed by atoms with Crippen LogP contribution in [0.15, 0.2) is 48.5 Å². The van der Waals surface area contributed by atoms with Crippen molar-refractivity contribution in [3.63, 3.8) is 0 Å². The first-order valence-corrected chi connectivity index (χ1v) is 12.2. The van der Waals surface area contributed by atoms with Crippen molar-refractivity contribution < 1.29 is 14.3 Å². The lowest BCUT2D eigenvalue weighted by atomic mass is 9.76. The van der Waals surface area contributed by atoms with E-state index in [2.05, 4.69) is 34.1 Å². The van der Waals surface area contributed by atoms with Gasteiger partial charge in [-0.25, -0.2) is 4.98 Å². The third kappa shape index (κ3) is 4.15. The van der Waals surface area contributed by atoms with E-state index in [0.29, 0.717) is 18.4 Å². The zero-order chi connectivity index (χ0) is 22.0. The Morgan fingerprint density at radius 1 is 1.03 bits per heavy atom. The van der Waals surface area contributed by atoms with Crippen molar-refractivity contribution in [2.24, 2.45) is 0 Å². The van der Waals surface area contributed by atoms with E-state index in [-0.39, 0.29) is 17.1 Å². The van der Waals surface area contributed by atoms with E-state index in [9.17, 15) is 4.79 Å². The zero-order valence-electron chi connectivity index (χ0n) is 19.1. The number of aromatic nitrogens is 1. The summed E-state index contributed by atoms with van der Waals surface area (Å²) in [6.45, 7) is 4.22. The predicted molar refractivity (Wildman–Crippen MR) is 124 cm³/mol. The Kier molecular flexibility index (Phi) is 5.93. The number of pyridine rings is 1. The highest BCUT2D eigenvalue weighted by molar-refractivity contribution is 5.88. The lowest BCUT2D eigenvalue weighted by Crippen LogP contribution is -2.55. The smallest absolute Gasteiger partial charge is 0.233 e. The quantitative estimate of drug-likeness (QED) is 0.692. The van der Waals surface area contributed by atoms with Gasteiger partial charge in [0, 0.05) is 37.7 Å². The zero-order valence-corrected chi connectivity index (χ0v) is 19.1. The normalized spacial score (nSPS) is 24.4. The van der Waals surface area contributed by atoms with Crippen LogP contribution in [0.1, 0.15) is 62.6 Å². The lowest BCUT2D eigenvalue weighted by molar-refractivity contribution is -0.155. The molecular formula is C27H34N2O3. The molecule has 0 bridgehead atoms. The van der Waals surface area contributed by atoms with Crippen LogP contribution in [-0.2, 0) is 14.9 Å². The van der Waals surface area contributed by atoms with Gasteiger partial charge < -0.3 is 14.4 Å². The number of nitrogens with zero attached hydrogens (tertiary/aromatic N) is 2. The van der Waals surface area contributed by atoms with Gasteiger partial charge in [0.15, 0.2) is 0 Å². The second-order valence-electron chi connectivity index (χ2n) is 9.83. The van der Waals surface area contributed by atoms with Crippen LogP contribution in [0.2, 0.25) is 0 Å². The summed E-state index contributed by atoms with van der Waals surface area (Å²) in [4.78, 5) is 20.4. The summed E-state index contributed by atoms with van der Waals surface area (Å²) in [6.07, 6.45) is 7.83. The SMILES string of the molecule is Cc1cccc(OC2CCOC3(CCN(C(=O)C4(c5ccccc5)CCCC4)CC3)C2)n1. The van der Waals surface area contributed by atoms with Gasteiger partial charge in [-0.2, -0.15) is 0 Å². The van der Waals surface area contributed by atoms with Gasteiger partial charge in [-0.15, -0.1) is 0 Å². The van der Waals surface area contributed by atoms with Crippen LogP contribution in [-0.4, -0.2) is 47.2 Å². The minimum atomic E-state index is -0.332. The Morgan fingerprint density at radius 2 is 1.78 bits per heavy atom. The number of rotatable bonds is 4. The second kappa shape index (κ2) is 8.86. The summed E-state index contributed by atoms with van der Waals surface area (Å²) >= 11 is 0. The van der Waals surface area contributed by atoms with Crippen molar-refractivity contribution in [3.05, 3.63) is 59.8 Å². The van der Waals surface area contributed by atoms with E-state index in [1.165, 1.54) is 5.56 Å². The van der Waals surface area contributed by atoms with E-state index in [1.54, 1.807) is 0 Å². The maximum atomic E-state index is 13.8.